The van der Waals surface area contributed by atoms with Gasteiger partial charge < -0.3 is 5.21 Å². The third-order valence-electron chi connectivity index (χ3n) is 2.67. The second-order valence-corrected chi connectivity index (χ2v) is 6.03. The van der Waals surface area contributed by atoms with Crippen LogP contribution in [0.15, 0.2) is 67.7 Å². The summed E-state index contributed by atoms with van der Waals surface area (Å²) in [6, 6.07) is 14.2. The number of rotatable bonds is 4. The number of carbonyl (C=O) groups is 1. The van der Waals surface area contributed by atoms with Crippen LogP contribution < -0.4 is 5.43 Å². The predicted octanol–water partition coefficient (Wildman–Crippen LogP) is 3.81. The molecule has 2 rings (SSSR count). The Morgan fingerprint density at radius 3 is 2.23 bits per heavy atom. The second kappa shape index (κ2) is 7.86. The van der Waals surface area contributed by atoms with E-state index in [9.17, 15) is 4.79 Å². The molecule has 0 aliphatic heterocycles. The van der Waals surface area contributed by atoms with E-state index < -0.39 is 0 Å². The molecule has 0 aliphatic rings. The molecule has 0 bridgehead atoms. The summed E-state index contributed by atoms with van der Waals surface area (Å²) in [5.74, 6) is -0.361. The van der Waals surface area contributed by atoms with Crippen LogP contribution in [0.4, 0.5) is 0 Å². The smallest absolute Gasteiger partial charge is 0.271 e. The first kappa shape index (κ1) is 16.4. The fourth-order valence-electron chi connectivity index (χ4n) is 1.68. The number of hydrogen-bond acceptors (Lipinski definition) is 4. The molecule has 22 heavy (non-hydrogen) atoms. The van der Waals surface area contributed by atoms with E-state index >= 15 is 0 Å². The maximum absolute atomic E-state index is 12.0. The quantitative estimate of drug-likeness (QED) is 0.445. The number of carbonyl (C=O) groups excluding carboxylic acids is 1. The van der Waals surface area contributed by atoms with E-state index in [2.05, 4.69) is 47.5 Å². The Bertz CT molecular complexity index is 745. The lowest BCUT2D eigenvalue weighted by molar-refractivity contribution is 0.0955. The maximum Gasteiger partial charge on any atom is 0.271 e. The fourth-order valence-corrected chi connectivity index (χ4v) is 2.47. The van der Waals surface area contributed by atoms with Crippen LogP contribution in [0.1, 0.15) is 15.9 Å². The predicted molar refractivity (Wildman–Crippen MR) is 92.6 cm³/mol. The van der Waals surface area contributed by atoms with Gasteiger partial charge in [-0.1, -0.05) is 55.2 Å². The van der Waals surface area contributed by atoms with Crippen molar-refractivity contribution >= 4 is 49.7 Å². The summed E-state index contributed by atoms with van der Waals surface area (Å²) in [6.07, 6.45) is 1.16. The maximum atomic E-state index is 12.0. The SMILES string of the molecule is O=C(NN=C(C=NO)c1cccc(Br)c1)c1cccc(Br)c1. The lowest BCUT2D eigenvalue weighted by atomic mass is 10.1. The van der Waals surface area contributed by atoms with Crippen molar-refractivity contribution in [2.24, 2.45) is 10.3 Å². The molecular formula is C15H11Br2N3O2. The molecule has 0 fully saturated rings. The number of oxime groups is 1. The summed E-state index contributed by atoms with van der Waals surface area (Å²) in [5.41, 5.74) is 3.93. The molecule has 2 aromatic rings. The van der Waals surface area contributed by atoms with Gasteiger partial charge >= 0.3 is 0 Å². The van der Waals surface area contributed by atoms with Crippen molar-refractivity contribution in [1.82, 2.24) is 5.43 Å². The van der Waals surface area contributed by atoms with Crippen LogP contribution in [0.25, 0.3) is 0 Å². The lowest BCUT2D eigenvalue weighted by Crippen LogP contribution is -2.20. The molecule has 0 heterocycles. The van der Waals surface area contributed by atoms with Gasteiger partial charge in [-0.2, -0.15) is 5.10 Å². The van der Waals surface area contributed by atoms with Crippen molar-refractivity contribution < 1.29 is 10.0 Å². The third kappa shape index (κ3) is 4.51. The van der Waals surface area contributed by atoms with Gasteiger partial charge in [0.2, 0.25) is 0 Å². The molecule has 2 N–H and O–H groups in total. The third-order valence-corrected chi connectivity index (χ3v) is 3.65. The van der Waals surface area contributed by atoms with Crippen LogP contribution in [-0.2, 0) is 0 Å². The van der Waals surface area contributed by atoms with Crippen LogP contribution in [0, 0.1) is 0 Å². The first-order chi connectivity index (χ1) is 10.6. The van der Waals surface area contributed by atoms with Gasteiger partial charge in [-0.3, -0.25) is 4.79 Å². The molecule has 0 saturated carbocycles. The molecule has 0 aliphatic carbocycles. The standard InChI is InChI=1S/C15H11Br2N3O2/c16-12-5-1-3-10(7-12)14(9-18-22)19-20-15(21)11-4-2-6-13(17)8-11/h1-9,22H,(H,20,21). The molecule has 0 radical (unpaired) electrons. The number of nitrogens with zero attached hydrogens (tertiary/aromatic N) is 2. The van der Waals surface area contributed by atoms with E-state index in [4.69, 9.17) is 5.21 Å². The van der Waals surface area contributed by atoms with Crippen LogP contribution in [0.3, 0.4) is 0 Å². The minimum absolute atomic E-state index is 0.326. The van der Waals surface area contributed by atoms with Gasteiger partial charge in [-0.15, -0.1) is 0 Å². The first-order valence-electron chi connectivity index (χ1n) is 6.17. The second-order valence-electron chi connectivity index (χ2n) is 4.20. The zero-order chi connectivity index (χ0) is 15.9. The Morgan fingerprint density at radius 1 is 1.05 bits per heavy atom. The van der Waals surface area contributed by atoms with Gasteiger partial charge in [0, 0.05) is 20.1 Å². The van der Waals surface area contributed by atoms with E-state index in [1.165, 1.54) is 0 Å². The number of benzene rings is 2. The van der Waals surface area contributed by atoms with Crippen molar-refractivity contribution in [2.45, 2.75) is 0 Å². The average molecular weight is 425 g/mol. The van der Waals surface area contributed by atoms with Crippen LogP contribution in [0.5, 0.6) is 0 Å². The van der Waals surface area contributed by atoms with Crippen molar-refractivity contribution in [2.75, 3.05) is 0 Å². The highest BCUT2D eigenvalue weighted by Gasteiger charge is 2.07. The van der Waals surface area contributed by atoms with Gasteiger partial charge in [0.25, 0.3) is 5.91 Å². The van der Waals surface area contributed by atoms with E-state index in [0.717, 1.165) is 15.2 Å². The van der Waals surface area contributed by atoms with E-state index in [1.54, 1.807) is 30.3 Å². The molecule has 1 amide bonds. The highest BCUT2D eigenvalue weighted by atomic mass is 79.9. The van der Waals surface area contributed by atoms with E-state index in [-0.39, 0.29) is 5.91 Å². The number of halogens is 2. The Hall–Kier alpha value is -1.99. The molecule has 0 unspecified atom stereocenters. The summed E-state index contributed by atoms with van der Waals surface area (Å²) in [7, 11) is 0. The Balaban J connectivity index is 2.22. The van der Waals surface area contributed by atoms with Crippen molar-refractivity contribution in [3.63, 3.8) is 0 Å². The number of amides is 1. The number of hydrazone groups is 1. The molecule has 0 atom stereocenters. The van der Waals surface area contributed by atoms with Crippen molar-refractivity contribution in [3.8, 4) is 0 Å². The highest BCUT2D eigenvalue weighted by Crippen LogP contribution is 2.13. The Kier molecular flexibility index (Phi) is 5.85. The van der Waals surface area contributed by atoms with E-state index in [0.29, 0.717) is 16.8 Å². The molecule has 7 heteroatoms. The van der Waals surface area contributed by atoms with Gasteiger partial charge in [0.15, 0.2) is 0 Å². The molecule has 0 spiro atoms. The van der Waals surface area contributed by atoms with Crippen molar-refractivity contribution in [1.29, 1.82) is 0 Å². The summed E-state index contributed by atoms with van der Waals surface area (Å²) in [6.45, 7) is 0. The largest absolute Gasteiger partial charge is 0.411 e. The normalized spacial score (nSPS) is 11.6. The van der Waals surface area contributed by atoms with Crippen LogP contribution in [0.2, 0.25) is 0 Å². The summed E-state index contributed by atoms with van der Waals surface area (Å²) in [5, 5.41) is 15.7. The minimum atomic E-state index is -0.361. The van der Waals surface area contributed by atoms with Gasteiger partial charge in [0.1, 0.15) is 5.71 Å². The van der Waals surface area contributed by atoms with Crippen LogP contribution in [-0.4, -0.2) is 23.0 Å². The molecule has 0 saturated heterocycles. The number of hydrogen-bond donors (Lipinski definition) is 2. The Labute approximate surface area is 144 Å². The average Bonchev–Trinajstić information content (AvgIpc) is 2.51. The summed E-state index contributed by atoms with van der Waals surface area (Å²) < 4.78 is 1.65. The summed E-state index contributed by atoms with van der Waals surface area (Å²) in [4.78, 5) is 12.0. The minimum Gasteiger partial charge on any atom is -0.411 e. The molecule has 2 aromatic carbocycles. The molecular weight excluding hydrogens is 414 g/mol. The molecule has 5 nitrogen and oxygen atoms in total. The fraction of sp³-hybridized carbons (Fsp3) is 0. The van der Waals surface area contributed by atoms with Crippen LogP contribution >= 0.6 is 31.9 Å². The van der Waals surface area contributed by atoms with E-state index in [1.807, 2.05) is 18.2 Å². The van der Waals surface area contributed by atoms with Gasteiger partial charge in [0.05, 0.1) is 6.21 Å². The zero-order valence-corrected chi connectivity index (χ0v) is 14.4. The molecule has 0 aromatic heterocycles. The monoisotopic (exact) mass is 423 g/mol. The highest BCUT2D eigenvalue weighted by molar-refractivity contribution is 9.10. The summed E-state index contributed by atoms with van der Waals surface area (Å²) >= 11 is 6.66. The number of nitrogens with one attached hydrogen (secondary N) is 1. The first-order valence-corrected chi connectivity index (χ1v) is 7.75. The van der Waals surface area contributed by atoms with Crippen molar-refractivity contribution in [3.05, 3.63) is 68.6 Å². The molecule has 112 valence electrons. The van der Waals surface area contributed by atoms with Gasteiger partial charge in [-0.05, 0) is 30.3 Å². The topological polar surface area (TPSA) is 74.0 Å². The lowest BCUT2D eigenvalue weighted by Gasteiger charge is -2.04. The zero-order valence-electron chi connectivity index (χ0n) is 11.2. The Morgan fingerprint density at radius 2 is 1.64 bits per heavy atom. The van der Waals surface area contributed by atoms with Gasteiger partial charge in [-0.25, -0.2) is 5.43 Å².